The van der Waals surface area contributed by atoms with Crippen LogP contribution in [0.1, 0.15) is 16.7 Å². The Morgan fingerprint density at radius 1 is 0.935 bits per heavy atom. The summed E-state index contributed by atoms with van der Waals surface area (Å²) in [5.41, 5.74) is 4.49. The van der Waals surface area contributed by atoms with Gasteiger partial charge in [0.15, 0.2) is 11.8 Å². The second-order valence-corrected chi connectivity index (χ2v) is 6.97. The van der Waals surface area contributed by atoms with E-state index in [-0.39, 0.29) is 24.0 Å². The van der Waals surface area contributed by atoms with Crippen LogP contribution in [0.5, 0.6) is 0 Å². The molecule has 4 rings (SSSR count). The third-order valence-electron chi connectivity index (χ3n) is 4.59. The lowest BCUT2D eigenvalue weighted by Crippen LogP contribution is -2.30. The van der Waals surface area contributed by atoms with E-state index >= 15 is 0 Å². The second-order valence-electron chi connectivity index (χ2n) is 6.97. The van der Waals surface area contributed by atoms with Crippen molar-refractivity contribution in [1.82, 2.24) is 20.1 Å². The lowest BCUT2D eigenvalue weighted by Gasteiger charge is -2.13. The normalized spacial score (nSPS) is 10.9. The maximum absolute atomic E-state index is 4.78. The highest BCUT2D eigenvalue weighted by Crippen LogP contribution is 2.09. The summed E-state index contributed by atoms with van der Waals surface area (Å²) in [6, 6.07) is 24.4. The van der Waals surface area contributed by atoms with E-state index in [9.17, 15) is 0 Å². The molecule has 0 aliphatic carbocycles. The van der Waals surface area contributed by atoms with Gasteiger partial charge in [-0.3, -0.25) is 0 Å². The van der Waals surface area contributed by atoms with Crippen LogP contribution in [-0.2, 0) is 13.1 Å². The first-order valence-electron chi connectivity index (χ1n) is 9.87. The molecule has 0 aliphatic heterocycles. The minimum Gasteiger partial charge on any atom is -0.352 e. The van der Waals surface area contributed by atoms with Crippen LogP contribution in [-0.4, -0.2) is 20.7 Å². The van der Waals surface area contributed by atoms with Crippen LogP contribution in [0.4, 0.5) is 5.69 Å². The Morgan fingerprint density at radius 2 is 1.74 bits per heavy atom. The average Bonchev–Trinajstić information content (AvgIpc) is 3.33. The molecule has 0 unspecified atom stereocenters. The van der Waals surface area contributed by atoms with E-state index in [0.717, 1.165) is 23.0 Å². The quantitative estimate of drug-likeness (QED) is 0.213. The predicted octanol–water partition coefficient (Wildman–Crippen LogP) is 4.95. The number of pyridine rings is 1. The molecule has 158 valence electrons. The Bertz CT molecular complexity index is 1090. The van der Waals surface area contributed by atoms with Gasteiger partial charge in [-0.1, -0.05) is 48.0 Å². The highest BCUT2D eigenvalue weighted by atomic mass is 127. The minimum absolute atomic E-state index is 0. The molecule has 2 aromatic heterocycles. The van der Waals surface area contributed by atoms with Crippen molar-refractivity contribution in [2.75, 3.05) is 5.32 Å². The van der Waals surface area contributed by atoms with E-state index in [0.29, 0.717) is 13.1 Å². The Kier molecular flexibility index (Phi) is 8.17. The number of nitrogens with zero attached hydrogens (tertiary/aromatic N) is 4. The van der Waals surface area contributed by atoms with E-state index in [1.165, 1.54) is 11.1 Å². The highest BCUT2D eigenvalue weighted by molar-refractivity contribution is 14.0. The van der Waals surface area contributed by atoms with Crippen LogP contribution in [0.15, 0.2) is 96.4 Å². The van der Waals surface area contributed by atoms with Gasteiger partial charge in [-0.25, -0.2) is 14.7 Å². The molecule has 6 nitrogen and oxygen atoms in total. The van der Waals surface area contributed by atoms with Crippen molar-refractivity contribution in [3.63, 3.8) is 0 Å². The lowest BCUT2D eigenvalue weighted by atomic mass is 10.1. The maximum atomic E-state index is 4.78. The molecule has 0 atom stereocenters. The standard InChI is InChI=1S/C24H24N6.HI/c1-19-8-10-20(11-9-19)17-26-24(29-22-6-3-2-4-7-22)27-18-21-12-14-25-23(16-21)30-15-5-13-28-30;/h2-16H,17-18H2,1H3,(H2,26,27,29);1H. The Labute approximate surface area is 199 Å². The average molecular weight is 524 g/mol. The molecule has 0 saturated heterocycles. The third kappa shape index (κ3) is 6.65. The van der Waals surface area contributed by atoms with Gasteiger partial charge < -0.3 is 10.6 Å². The summed E-state index contributed by atoms with van der Waals surface area (Å²) in [5, 5.41) is 11.0. The first-order valence-corrected chi connectivity index (χ1v) is 9.87. The molecule has 4 aromatic rings. The van der Waals surface area contributed by atoms with E-state index in [1.54, 1.807) is 17.1 Å². The summed E-state index contributed by atoms with van der Waals surface area (Å²) in [4.78, 5) is 9.16. The Morgan fingerprint density at radius 3 is 2.48 bits per heavy atom. The van der Waals surface area contributed by atoms with Crippen molar-refractivity contribution in [3.05, 3.63) is 108 Å². The molecule has 2 aromatic carbocycles. The molecule has 0 spiro atoms. The molecular weight excluding hydrogens is 499 g/mol. The van der Waals surface area contributed by atoms with Crippen molar-refractivity contribution in [2.45, 2.75) is 20.0 Å². The second kappa shape index (κ2) is 11.3. The number of aliphatic imine (C=N–C) groups is 1. The fourth-order valence-corrected chi connectivity index (χ4v) is 2.95. The molecule has 0 saturated carbocycles. The predicted molar refractivity (Wildman–Crippen MR) is 136 cm³/mol. The number of aryl methyl sites for hydroxylation is 1. The molecule has 0 aliphatic rings. The molecule has 2 N–H and O–H groups in total. The molecule has 7 heteroatoms. The van der Waals surface area contributed by atoms with Crippen molar-refractivity contribution < 1.29 is 0 Å². The largest absolute Gasteiger partial charge is 0.352 e. The molecule has 31 heavy (non-hydrogen) atoms. The van der Waals surface area contributed by atoms with Crippen LogP contribution in [0.2, 0.25) is 0 Å². The molecule has 0 radical (unpaired) electrons. The number of para-hydroxylation sites is 1. The third-order valence-corrected chi connectivity index (χ3v) is 4.59. The summed E-state index contributed by atoms with van der Waals surface area (Å²) < 4.78 is 1.74. The van der Waals surface area contributed by atoms with Gasteiger partial charge in [0, 0.05) is 30.8 Å². The topological polar surface area (TPSA) is 67.1 Å². The molecule has 2 heterocycles. The van der Waals surface area contributed by atoms with Gasteiger partial charge in [-0.05, 0) is 48.4 Å². The Hall–Kier alpha value is -3.20. The summed E-state index contributed by atoms with van der Waals surface area (Å²) >= 11 is 0. The summed E-state index contributed by atoms with van der Waals surface area (Å²) in [7, 11) is 0. The van der Waals surface area contributed by atoms with Crippen LogP contribution >= 0.6 is 24.0 Å². The van der Waals surface area contributed by atoms with Gasteiger partial charge in [-0.2, -0.15) is 5.10 Å². The van der Waals surface area contributed by atoms with E-state index in [1.807, 2.05) is 54.7 Å². The number of guanidine groups is 1. The summed E-state index contributed by atoms with van der Waals surface area (Å²) in [6.45, 7) is 3.30. The molecule has 0 bridgehead atoms. The first kappa shape index (κ1) is 22.5. The van der Waals surface area contributed by atoms with Crippen molar-refractivity contribution in [2.24, 2.45) is 4.99 Å². The monoisotopic (exact) mass is 524 g/mol. The number of benzene rings is 2. The van der Waals surface area contributed by atoms with Crippen molar-refractivity contribution in [1.29, 1.82) is 0 Å². The maximum Gasteiger partial charge on any atom is 0.196 e. The van der Waals surface area contributed by atoms with Gasteiger partial charge >= 0.3 is 0 Å². The van der Waals surface area contributed by atoms with E-state index in [2.05, 4.69) is 51.9 Å². The molecule has 0 amide bonds. The summed E-state index contributed by atoms with van der Waals surface area (Å²) in [6.07, 6.45) is 5.40. The summed E-state index contributed by atoms with van der Waals surface area (Å²) in [5.74, 6) is 1.50. The zero-order valence-corrected chi connectivity index (χ0v) is 19.6. The van der Waals surface area contributed by atoms with Crippen LogP contribution in [0, 0.1) is 6.92 Å². The number of nitrogens with one attached hydrogen (secondary N) is 2. The van der Waals surface area contributed by atoms with Crippen LogP contribution in [0.3, 0.4) is 0 Å². The number of anilines is 1. The van der Waals surface area contributed by atoms with Crippen LogP contribution < -0.4 is 10.6 Å². The Balaban J connectivity index is 0.00000272. The lowest BCUT2D eigenvalue weighted by molar-refractivity contribution is 0.840. The van der Waals surface area contributed by atoms with Gasteiger partial charge in [0.1, 0.15) is 0 Å². The van der Waals surface area contributed by atoms with Gasteiger partial charge in [0.2, 0.25) is 0 Å². The molecular formula is C24H25IN6. The highest BCUT2D eigenvalue weighted by Gasteiger charge is 2.03. The zero-order valence-electron chi connectivity index (χ0n) is 17.3. The number of hydrogen-bond acceptors (Lipinski definition) is 3. The smallest absolute Gasteiger partial charge is 0.196 e. The fraction of sp³-hybridized carbons (Fsp3) is 0.125. The number of rotatable bonds is 6. The van der Waals surface area contributed by atoms with Crippen LogP contribution in [0.25, 0.3) is 5.82 Å². The fourth-order valence-electron chi connectivity index (χ4n) is 2.95. The van der Waals surface area contributed by atoms with Gasteiger partial charge in [0.05, 0.1) is 6.54 Å². The minimum atomic E-state index is 0. The molecule has 0 fully saturated rings. The zero-order chi connectivity index (χ0) is 20.6. The SMILES string of the molecule is Cc1ccc(CNC(=NCc2ccnc(-n3cccn3)c2)Nc2ccccc2)cc1.I. The van der Waals surface area contributed by atoms with Crippen molar-refractivity contribution >= 4 is 35.6 Å². The van der Waals surface area contributed by atoms with Gasteiger partial charge in [-0.15, -0.1) is 24.0 Å². The first-order chi connectivity index (χ1) is 14.8. The van der Waals surface area contributed by atoms with E-state index in [4.69, 9.17) is 4.99 Å². The van der Waals surface area contributed by atoms with Gasteiger partial charge in [0.25, 0.3) is 0 Å². The number of hydrogen-bond donors (Lipinski definition) is 2. The number of halogens is 1. The van der Waals surface area contributed by atoms with E-state index < -0.39 is 0 Å². The number of aromatic nitrogens is 3. The van der Waals surface area contributed by atoms with Crippen molar-refractivity contribution in [3.8, 4) is 5.82 Å².